The van der Waals surface area contributed by atoms with Crippen LogP contribution in [0, 0.1) is 5.92 Å². The molecule has 164 valence electrons. The summed E-state index contributed by atoms with van der Waals surface area (Å²) in [4.78, 5) is 12.3. The van der Waals surface area contributed by atoms with Crippen molar-refractivity contribution in [3.05, 3.63) is 90.9 Å². The number of aromatic nitrogens is 3. The van der Waals surface area contributed by atoms with E-state index in [9.17, 15) is 0 Å². The molecule has 1 saturated carbocycles. The minimum Gasteiger partial charge on any atom is -0.474 e. The lowest BCUT2D eigenvalue weighted by molar-refractivity contribution is -0.00422. The highest BCUT2D eigenvalue weighted by atomic mass is 16.5. The molecule has 1 aliphatic rings. The molecule has 1 aliphatic carbocycles. The van der Waals surface area contributed by atoms with Crippen LogP contribution in [-0.2, 0) is 11.3 Å². The minimum atomic E-state index is 0.227. The normalized spacial score (nSPS) is 17.8. The number of nitrogens with zero attached hydrogens (tertiary/aromatic N) is 2. The molecule has 6 rings (SSSR count). The Morgan fingerprint density at radius 3 is 2.58 bits per heavy atom. The zero-order valence-electron chi connectivity index (χ0n) is 18.3. The largest absolute Gasteiger partial charge is 0.474 e. The predicted octanol–water partition coefficient (Wildman–Crippen LogP) is 6.15. The molecule has 0 spiro atoms. The molecule has 0 atom stereocenters. The third kappa shape index (κ3) is 4.20. The number of hydrogen-bond acceptors (Lipinski definition) is 4. The van der Waals surface area contributed by atoms with E-state index >= 15 is 0 Å². The third-order valence-electron chi connectivity index (χ3n) is 6.41. The molecule has 0 bridgehead atoms. The molecule has 2 aromatic carbocycles. The topological polar surface area (TPSA) is 60.0 Å². The monoisotopic (exact) mass is 435 g/mol. The van der Waals surface area contributed by atoms with E-state index in [2.05, 4.69) is 51.4 Å². The first-order valence-electron chi connectivity index (χ1n) is 11.4. The summed E-state index contributed by atoms with van der Waals surface area (Å²) >= 11 is 0. The van der Waals surface area contributed by atoms with Gasteiger partial charge in [0.05, 0.1) is 13.2 Å². The van der Waals surface area contributed by atoms with Gasteiger partial charge in [0.15, 0.2) is 0 Å². The summed E-state index contributed by atoms with van der Waals surface area (Å²) in [5.74, 6) is 1.25. The summed E-state index contributed by atoms with van der Waals surface area (Å²) in [5, 5.41) is 2.33. The molecule has 0 saturated heterocycles. The van der Waals surface area contributed by atoms with Gasteiger partial charge in [-0.1, -0.05) is 42.5 Å². The average Bonchev–Trinajstić information content (AvgIpc) is 3.21. The second-order valence-corrected chi connectivity index (χ2v) is 8.77. The van der Waals surface area contributed by atoms with Crippen LogP contribution < -0.4 is 4.74 Å². The molecular weight excluding hydrogens is 410 g/mol. The quantitative estimate of drug-likeness (QED) is 0.333. The van der Waals surface area contributed by atoms with E-state index in [1.807, 2.05) is 48.9 Å². The fourth-order valence-electron chi connectivity index (χ4n) is 4.54. The van der Waals surface area contributed by atoms with Gasteiger partial charge in [-0.15, -0.1) is 0 Å². The highest BCUT2D eigenvalue weighted by molar-refractivity contribution is 6.07. The molecule has 33 heavy (non-hydrogen) atoms. The van der Waals surface area contributed by atoms with Gasteiger partial charge in [0, 0.05) is 52.0 Å². The molecule has 0 aliphatic heterocycles. The highest BCUT2D eigenvalue weighted by Gasteiger charge is 2.31. The molecule has 5 heteroatoms. The zero-order chi connectivity index (χ0) is 22.0. The van der Waals surface area contributed by atoms with Gasteiger partial charge < -0.3 is 14.5 Å². The molecule has 3 heterocycles. The van der Waals surface area contributed by atoms with E-state index in [-0.39, 0.29) is 6.10 Å². The Hall–Kier alpha value is -3.70. The lowest BCUT2D eigenvalue weighted by Crippen LogP contribution is -2.36. The Kier molecular flexibility index (Phi) is 5.25. The van der Waals surface area contributed by atoms with Gasteiger partial charge in [0.2, 0.25) is 5.88 Å². The smallest absolute Gasteiger partial charge is 0.213 e. The molecule has 0 radical (unpaired) electrons. The van der Waals surface area contributed by atoms with E-state index < -0.39 is 0 Å². The highest BCUT2D eigenvalue weighted by Crippen LogP contribution is 2.32. The van der Waals surface area contributed by atoms with Crippen LogP contribution in [-0.4, -0.2) is 27.7 Å². The molecule has 1 N–H and O–H groups in total. The Balaban J connectivity index is 1.04. The van der Waals surface area contributed by atoms with Gasteiger partial charge in [0.1, 0.15) is 6.10 Å². The maximum Gasteiger partial charge on any atom is 0.213 e. The van der Waals surface area contributed by atoms with Crippen molar-refractivity contribution in [3.8, 4) is 17.0 Å². The number of fused-ring (bicyclic) bond motifs is 3. The number of rotatable bonds is 7. The van der Waals surface area contributed by atoms with Crippen LogP contribution >= 0.6 is 0 Å². The third-order valence-corrected chi connectivity index (χ3v) is 6.41. The van der Waals surface area contributed by atoms with Gasteiger partial charge in [-0.2, -0.15) is 0 Å². The molecule has 0 unspecified atom stereocenters. The van der Waals surface area contributed by atoms with Crippen molar-refractivity contribution >= 4 is 21.8 Å². The van der Waals surface area contributed by atoms with Crippen molar-refractivity contribution in [1.82, 2.24) is 15.0 Å². The van der Waals surface area contributed by atoms with E-state index in [1.165, 1.54) is 10.9 Å². The summed E-state index contributed by atoms with van der Waals surface area (Å²) in [6, 6.07) is 22.8. The first kappa shape index (κ1) is 19.9. The van der Waals surface area contributed by atoms with Gasteiger partial charge in [0.25, 0.3) is 0 Å². The van der Waals surface area contributed by atoms with Crippen molar-refractivity contribution in [2.45, 2.75) is 25.6 Å². The van der Waals surface area contributed by atoms with Crippen LogP contribution in [0.25, 0.3) is 32.9 Å². The Morgan fingerprint density at radius 1 is 0.848 bits per heavy atom. The van der Waals surface area contributed by atoms with Crippen LogP contribution in [0.3, 0.4) is 0 Å². The lowest BCUT2D eigenvalue weighted by Gasteiger charge is -2.34. The van der Waals surface area contributed by atoms with Crippen LogP contribution in [0.15, 0.2) is 85.3 Å². The van der Waals surface area contributed by atoms with Crippen molar-refractivity contribution in [2.75, 3.05) is 6.61 Å². The number of H-pyrrole nitrogens is 1. The number of ether oxygens (including phenoxy) is 2. The number of pyridine rings is 2. The van der Waals surface area contributed by atoms with Crippen molar-refractivity contribution < 1.29 is 9.47 Å². The number of nitrogens with one attached hydrogen (secondary N) is 1. The van der Waals surface area contributed by atoms with Gasteiger partial charge in [-0.05, 0) is 48.1 Å². The molecule has 5 nitrogen and oxygen atoms in total. The van der Waals surface area contributed by atoms with Crippen LogP contribution in [0.4, 0.5) is 0 Å². The van der Waals surface area contributed by atoms with Gasteiger partial charge in [-0.3, -0.25) is 4.98 Å². The first-order valence-corrected chi connectivity index (χ1v) is 11.4. The SMILES string of the molecule is c1ccc(COCC2CC(Oc3ccc(-c4ccc5c(c4)[nH]c4ccncc45)cn3)C2)cc1. The fraction of sp³-hybridized carbons (Fsp3) is 0.214. The Bertz CT molecular complexity index is 1370. The lowest BCUT2D eigenvalue weighted by atomic mass is 9.83. The van der Waals surface area contributed by atoms with E-state index in [4.69, 9.17) is 9.47 Å². The molecule has 0 amide bonds. The number of hydrogen-bond donors (Lipinski definition) is 1. The van der Waals surface area contributed by atoms with Gasteiger partial charge in [-0.25, -0.2) is 4.98 Å². The summed E-state index contributed by atoms with van der Waals surface area (Å²) in [6.07, 6.45) is 7.87. The molecule has 1 fully saturated rings. The minimum absolute atomic E-state index is 0.227. The van der Waals surface area contributed by atoms with E-state index in [0.717, 1.165) is 47.0 Å². The van der Waals surface area contributed by atoms with Crippen LogP contribution in [0.2, 0.25) is 0 Å². The van der Waals surface area contributed by atoms with E-state index in [0.29, 0.717) is 18.4 Å². The Labute approximate surface area is 192 Å². The summed E-state index contributed by atoms with van der Waals surface area (Å²) in [6.45, 7) is 1.46. The van der Waals surface area contributed by atoms with Crippen LogP contribution in [0.5, 0.6) is 5.88 Å². The maximum absolute atomic E-state index is 6.07. The fourth-order valence-corrected chi connectivity index (χ4v) is 4.54. The summed E-state index contributed by atoms with van der Waals surface area (Å²) in [7, 11) is 0. The van der Waals surface area contributed by atoms with Crippen LogP contribution in [0.1, 0.15) is 18.4 Å². The predicted molar refractivity (Wildman–Crippen MR) is 130 cm³/mol. The zero-order valence-corrected chi connectivity index (χ0v) is 18.3. The first-order chi connectivity index (χ1) is 16.3. The standard InChI is InChI=1S/C28H25N3O2/c1-2-4-19(5-3-1)17-32-18-20-12-23(13-20)33-28-9-7-22(15-30-28)21-6-8-24-25-16-29-11-10-26(25)31-27(24)14-21/h1-11,14-16,20,23,31H,12-13,17-18H2. The van der Waals surface area contributed by atoms with Crippen molar-refractivity contribution in [1.29, 1.82) is 0 Å². The molecule has 5 aromatic rings. The van der Waals surface area contributed by atoms with Crippen molar-refractivity contribution in [3.63, 3.8) is 0 Å². The summed E-state index contributed by atoms with van der Waals surface area (Å²) < 4.78 is 11.9. The van der Waals surface area contributed by atoms with E-state index in [1.54, 1.807) is 0 Å². The average molecular weight is 436 g/mol. The second-order valence-electron chi connectivity index (χ2n) is 8.77. The molecular formula is C28H25N3O2. The molecule has 3 aromatic heterocycles. The number of aromatic amines is 1. The second kappa shape index (κ2) is 8.68. The number of benzene rings is 2. The van der Waals surface area contributed by atoms with Gasteiger partial charge >= 0.3 is 0 Å². The maximum atomic E-state index is 6.07. The Morgan fingerprint density at radius 2 is 1.73 bits per heavy atom. The van der Waals surface area contributed by atoms with Crippen molar-refractivity contribution in [2.24, 2.45) is 5.92 Å². The summed E-state index contributed by atoms with van der Waals surface area (Å²) in [5.41, 5.74) is 5.62.